The van der Waals surface area contributed by atoms with Gasteiger partial charge < -0.3 is 0 Å². The van der Waals surface area contributed by atoms with E-state index in [4.69, 9.17) is 0 Å². The lowest BCUT2D eigenvalue weighted by Gasteiger charge is -2.36. The summed E-state index contributed by atoms with van der Waals surface area (Å²) in [5.74, 6) is 0.867. The molecule has 0 aliphatic heterocycles. The predicted molar refractivity (Wildman–Crippen MR) is 48.3 cm³/mol. The molecule has 2 rings (SSSR count). The van der Waals surface area contributed by atoms with Gasteiger partial charge in [0.2, 0.25) is 0 Å². The number of hydrogen-bond acceptors (Lipinski definition) is 0. The average molecular weight is 148 g/mol. The fourth-order valence-corrected chi connectivity index (χ4v) is 2.42. The topological polar surface area (TPSA) is 0 Å². The third-order valence-electron chi connectivity index (χ3n) is 3.34. The second-order valence-corrected chi connectivity index (χ2v) is 3.98. The van der Waals surface area contributed by atoms with Crippen molar-refractivity contribution in [3.8, 4) is 0 Å². The van der Waals surface area contributed by atoms with E-state index >= 15 is 0 Å². The predicted octanol–water partition coefficient (Wildman–Crippen LogP) is 3.31. The maximum Gasteiger partial charge on any atom is 0.00927 e. The van der Waals surface area contributed by atoms with Gasteiger partial charge in [0, 0.05) is 5.41 Å². The lowest BCUT2D eigenvalue weighted by atomic mass is 9.68. The molecule has 0 heteroatoms. The minimum atomic E-state index is 0.470. The first-order valence-corrected chi connectivity index (χ1v) is 4.71. The van der Waals surface area contributed by atoms with Gasteiger partial charge in [0.05, 0.1) is 0 Å². The molecule has 0 heterocycles. The monoisotopic (exact) mass is 148 g/mol. The van der Waals surface area contributed by atoms with Crippen molar-refractivity contribution in [3.05, 3.63) is 24.3 Å². The first-order chi connectivity index (χ1) is 5.33. The molecule has 0 amide bonds. The van der Waals surface area contributed by atoms with Crippen molar-refractivity contribution in [3.63, 3.8) is 0 Å². The van der Waals surface area contributed by atoms with E-state index in [2.05, 4.69) is 31.2 Å². The van der Waals surface area contributed by atoms with Gasteiger partial charge in [-0.2, -0.15) is 0 Å². The quantitative estimate of drug-likeness (QED) is 0.494. The van der Waals surface area contributed by atoms with E-state index in [0.29, 0.717) is 5.41 Å². The maximum absolute atomic E-state index is 2.40. The van der Waals surface area contributed by atoms with Crippen molar-refractivity contribution < 1.29 is 0 Å². The molecular weight excluding hydrogens is 132 g/mol. The molecule has 0 aromatic rings. The first-order valence-electron chi connectivity index (χ1n) is 4.71. The summed E-state index contributed by atoms with van der Waals surface area (Å²) in [6, 6.07) is 0. The standard InChI is InChI=1S/C11H16/c1-10-6-2-3-7-11(10)8-4-5-9-11/h4-5,8-10H,2-3,6-7H2,1H3. The third kappa shape index (κ3) is 1.05. The summed E-state index contributed by atoms with van der Waals surface area (Å²) in [5, 5.41) is 0. The van der Waals surface area contributed by atoms with Crippen LogP contribution in [-0.4, -0.2) is 0 Å². The summed E-state index contributed by atoms with van der Waals surface area (Å²) < 4.78 is 0. The molecular formula is C11H16. The second-order valence-electron chi connectivity index (χ2n) is 3.98. The summed E-state index contributed by atoms with van der Waals surface area (Å²) in [5.41, 5.74) is 0.470. The van der Waals surface area contributed by atoms with Gasteiger partial charge in [-0.25, -0.2) is 0 Å². The van der Waals surface area contributed by atoms with E-state index in [0.717, 1.165) is 5.92 Å². The molecule has 1 fully saturated rings. The number of rotatable bonds is 0. The first kappa shape index (κ1) is 7.15. The van der Waals surface area contributed by atoms with Crippen molar-refractivity contribution in [1.29, 1.82) is 0 Å². The van der Waals surface area contributed by atoms with Crippen LogP contribution >= 0.6 is 0 Å². The fourth-order valence-electron chi connectivity index (χ4n) is 2.42. The molecule has 0 aromatic carbocycles. The van der Waals surface area contributed by atoms with Crippen molar-refractivity contribution >= 4 is 0 Å². The van der Waals surface area contributed by atoms with Crippen molar-refractivity contribution in [2.24, 2.45) is 11.3 Å². The molecule has 1 atom stereocenters. The molecule has 0 nitrogen and oxygen atoms in total. The largest absolute Gasteiger partial charge is 0.0743 e. The Morgan fingerprint density at radius 1 is 1.18 bits per heavy atom. The van der Waals surface area contributed by atoms with Gasteiger partial charge in [0.15, 0.2) is 0 Å². The van der Waals surface area contributed by atoms with Crippen LogP contribution in [0.2, 0.25) is 0 Å². The molecule has 0 N–H and O–H groups in total. The number of hydrogen-bond donors (Lipinski definition) is 0. The Bertz CT molecular complexity index is 186. The normalized spacial score (nSPS) is 33.4. The van der Waals surface area contributed by atoms with E-state index in [1.807, 2.05) is 0 Å². The fraction of sp³-hybridized carbons (Fsp3) is 0.636. The molecule has 2 aliphatic carbocycles. The molecule has 0 bridgehead atoms. The summed E-state index contributed by atoms with van der Waals surface area (Å²) in [6.07, 6.45) is 14.9. The highest BCUT2D eigenvalue weighted by Gasteiger charge is 2.34. The van der Waals surface area contributed by atoms with Gasteiger partial charge >= 0.3 is 0 Å². The summed E-state index contributed by atoms with van der Waals surface area (Å²) >= 11 is 0. The summed E-state index contributed by atoms with van der Waals surface area (Å²) in [7, 11) is 0. The molecule has 1 unspecified atom stereocenters. The third-order valence-corrected chi connectivity index (χ3v) is 3.34. The molecule has 0 aromatic heterocycles. The maximum atomic E-state index is 2.40. The SMILES string of the molecule is CC1CCCCC12C=CC=C2. The smallest absolute Gasteiger partial charge is 0.00927 e. The molecule has 60 valence electrons. The molecule has 1 saturated carbocycles. The number of allylic oxidation sites excluding steroid dienone is 4. The minimum absolute atomic E-state index is 0.470. The van der Waals surface area contributed by atoms with Crippen LogP contribution in [-0.2, 0) is 0 Å². The van der Waals surface area contributed by atoms with Crippen LogP contribution in [0.1, 0.15) is 32.6 Å². The molecule has 0 saturated heterocycles. The lowest BCUT2D eigenvalue weighted by Crippen LogP contribution is -2.26. The lowest BCUT2D eigenvalue weighted by molar-refractivity contribution is 0.226. The van der Waals surface area contributed by atoms with E-state index in [-0.39, 0.29) is 0 Å². The van der Waals surface area contributed by atoms with Gasteiger partial charge in [-0.15, -0.1) is 0 Å². The zero-order valence-electron chi connectivity index (χ0n) is 7.22. The highest BCUT2D eigenvalue weighted by Crippen LogP contribution is 2.45. The van der Waals surface area contributed by atoms with Gasteiger partial charge in [-0.3, -0.25) is 0 Å². The van der Waals surface area contributed by atoms with Crippen LogP contribution in [0.3, 0.4) is 0 Å². The second kappa shape index (κ2) is 2.51. The average Bonchev–Trinajstić information content (AvgIpc) is 2.46. The molecule has 0 radical (unpaired) electrons. The Morgan fingerprint density at radius 3 is 2.55 bits per heavy atom. The van der Waals surface area contributed by atoms with Crippen LogP contribution in [0, 0.1) is 11.3 Å². The van der Waals surface area contributed by atoms with Gasteiger partial charge in [-0.05, 0) is 18.8 Å². The van der Waals surface area contributed by atoms with Crippen LogP contribution in [0.15, 0.2) is 24.3 Å². The molecule has 2 aliphatic rings. The van der Waals surface area contributed by atoms with Crippen molar-refractivity contribution in [2.45, 2.75) is 32.6 Å². The van der Waals surface area contributed by atoms with Gasteiger partial charge in [0.1, 0.15) is 0 Å². The zero-order valence-corrected chi connectivity index (χ0v) is 7.22. The molecule has 1 spiro atoms. The zero-order chi connectivity index (χ0) is 7.73. The van der Waals surface area contributed by atoms with Crippen LogP contribution in [0.5, 0.6) is 0 Å². The highest BCUT2D eigenvalue weighted by molar-refractivity contribution is 5.26. The van der Waals surface area contributed by atoms with E-state index in [1.54, 1.807) is 0 Å². The Kier molecular flexibility index (Phi) is 1.63. The summed E-state index contributed by atoms with van der Waals surface area (Å²) in [4.78, 5) is 0. The Labute approximate surface area is 69.0 Å². The highest BCUT2D eigenvalue weighted by atomic mass is 14.4. The van der Waals surface area contributed by atoms with E-state index in [1.165, 1.54) is 25.7 Å². The van der Waals surface area contributed by atoms with E-state index < -0.39 is 0 Å². The molecule has 11 heavy (non-hydrogen) atoms. The van der Waals surface area contributed by atoms with Crippen LogP contribution in [0.4, 0.5) is 0 Å². The Morgan fingerprint density at radius 2 is 1.91 bits per heavy atom. The van der Waals surface area contributed by atoms with E-state index in [9.17, 15) is 0 Å². The Hall–Kier alpha value is -0.520. The van der Waals surface area contributed by atoms with Crippen molar-refractivity contribution in [1.82, 2.24) is 0 Å². The van der Waals surface area contributed by atoms with Crippen LogP contribution < -0.4 is 0 Å². The van der Waals surface area contributed by atoms with Gasteiger partial charge in [-0.1, -0.05) is 44.1 Å². The van der Waals surface area contributed by atoms with Gasteiger partial charge in [0.25, 0.3) is 0 Å². The summed E-state index contributed by atoms with van der Waals surface area (Å²) in [6.45, 7) is 2.39. The minimum Gasteiger partial charge on any atom is -0.0743 e. The van der Waals surface area contributed by atoms with Crippen molar-refractivity contribution in [2.75, 3.05) is 0 Å². The Balaban J connectivity index is 2.21. The van der Waals surface area contributed by atoms with Crippen LogP contribution in [0.25, 0.3) is 0 Å².